The summed E-state index contributed by atoms with van der Waals surface area (Å²) in [6.07, 6.45) is 2.84. The van der Waals surface area contributed by atoms with Gasteiger partial charge in [-0.25, -0.2) is 0 Å². The van der Waals surface area contributed by atoms with Crippen molar-refractivity contribution in [3.05, 3.63) is 0 Å². The maximum Gasteiger partial charge on any atom is 0.223 e. The Morgan fingerprint density at radius 3 is 2.29 bits per heavy atom. The molecule has 2 unspecified atom stereocenters. The van der Waals surface area contributed by atoms with Gasteiger partial charge in [-0.15, -0.1) is 11.6 Å². The first-order chi connectivity index (χ1) is 6.58. The van der Waals surface area contributed by atoms with Crippen molar-refractivity contribution < 1.29 is 4.79 Å². The zero-order chi connectivity index (χ0) is 10.8. The molecular formula is C11H20ClNO. The molecule has 0 saturated heterocycles. The van der Waals surface area contributed by atoms with E-state index in [0.29, 0.717) is 11.8 Å². The number of amides is 1. The van der Waals surface area contributed by atoms with E-state index in [1.54, 1.807) is 0 Å². The molecule has 3 heteroatoms. The third-order valence-corrected chi connectivity index (χ3v) is 3.96. The molecule has 1 amide bonds. The van der Waals surface area contributed by atoms with Gasteiger partial charge >= 0.3 is 0 Å². The lowest BCUT2D eigenvalue weighted by Gasteiger charge is -2.30. The minimum atomic E-state index is -0.180. The van der Waals surface area contributed by atoms with Crippen LogP contribution in [0.2, 0.25) is 0 Å². The molecule has 1 saturated carbocycles. The number of rotatable bonds is 5. The van der Waals surface area contributed by atoms with Gasteiger partial charge in [0.1, 0.15) is 0 Å². The number of hydrogen-bond donors (Lipinski definition) is 1. The van der Waals surface area contributed by atoms with E-state index >= 15 is 0 Å². The summed E-state index contributed by atoms with van der Waals surface area (Å²) in [7, 11) is 0. The maximum absolute atomic E-state index is 11.7. The second-order valence-corrected chi connectivity index (χ2v) is 4.70. The normalized spacial score (nSPS) is 26.0. The van der Waals surface area contributed by atoms with Crippen LogP contribution < -0.4 is 5.32 Å². The van der Waals surface area contributed by atoms with Crippen molar-refractivity contribution in [2.45, 2.75) is 45.6 Å². The molecule has 1 fully saturated rings. The lowest BCUT2D eigenvalue weighted by Crippen LogP contribution is -2.49. The van der Waals surface area contributed by atoms with Gasteiger partial charge in [0.25, 0.3) is 0 Å². The molecular weight excluding hydrogens is 198 g/mol. The molecule has 0 spiro atoms. The SMILES string of the molecule is CCC(CC)(CCl)NC(=O)C1CC1C. The van der Waals surface area contributed by atoms with Gasteiger partial charge in [0.2, 0.25) is 5.91 Å². The number of halogens is 1. The fraction of sp³-hybridized carbons (Fsp3) is 0.909. The van der Waals surface area contributed by atoms with E-state index in [-0.39, 0.29) is 17.4 Å². The van der Waals surface area contributed by atoms with Gasteiger partial charge in [-0.05, 0) is 25.2 Å². The van der Waals surface area contributed by atoms with Gasteiger partial charge < -0.3 is 5.32 Å². The molecule has 0 radical (unpaired) electrons. The fourth-order valence-corrected chi connectivity index (χ4v) is 2.14. The zero-order valence-corrected chi connectivity index (χ0v) is 10.0. The van der Waals surface area contributed by atoms with Crippen LogP contribution in [0.15, 0.2) is 0 Å². The van der Waals surface area contributed by atoms with Crippen molar-refractivity contribution >= 4 is 17.5 Å². The van der Waals surface area contributed by atoms with E-state index < -0.39 is 0 Å². The van der Waals surface area contributed by atoms with Crippen LogP contribution in [0, 0.1) is 11.8 Å². The predicted octanol–water partition coefficient (Wildman–Crippen LogP) is 2.56. The quantitative estimate of drug-likeness (QED) is 0.705. The Kier molecular flexibility index (Phi) is 3.82. The highest BCUT2D eigenvalue weighted by Gasteiger charge is 2.41. The Morgan fingerprint density at radius 2 is 2.00 bits per heavy atom. The number of carbonyl (C=O) groups is 1. The summed E-state index contributed by atoms with van der Waals surface area (Å²) < 4.78 is 0. The molecule has 0 aliphatic heterocycles. The molecule has 2 nitrogen and oxygen atoms in total. The molecule has 0 aromatic rings. The summed E-state index contributed by atoms with van der Waals surface area (Å²) in [5.74, 6) is 1.52. The third-order valence-electron chi connectivity index (χ3n) is 3.44. The Labute approximate surface area is 91.4 Å². The average molecular weight is 218 g/mol. The molecule has 0 heterocycles. The van der Waals surface area contributed by atoms with Gasteiger partial charge in [-0.3, -0.25) is 4.79 Å². The topological polar surface area (TPSA) is 29.1 Å². The summed E-state index contributed by atoms with van der Waals surface area (Å²) in [6.45, 7) is 6.26. The Morgan fingerprint density at radius 1 is 1.50 bits per heavy atom. The van der Waals surface area contributed by atoms with E-state index in [0.717, 1.165) is 19.3 Å². The predicted molar refractivity (Wildman–Crippen MR) is 59.4 cm³/mol. The lowest BCUT2D eigenvalue weighted by molar-refractivity contribution is -0.124. The summed E-state index contributed by atoms with van der Waals surface area (Å²) in [5, 5.41) is 3.10. The molecule has 0 aromatic carbocycles. The summed E-state index contributed by atoms with van der Waals surface area (Å²) in [5.41, 5.74) is -0.180. The Balaban J connectivity index is 2.50. The number of hydrogen-bond acceptors (Lipinski definition) is 1. The van der Waals surface area contributed by atoms with Crippen molar-refractivity contribution in [2.24, 2.45) is 11.8 Å². The fourth-order valence-electron chi connectivity index (χ4n) is 1.69. The highest BCUT2D eigenvalue weighted by molar-refractivity contribution is 6.18. The Bertz CT molecular complexity index is 205. The first-order valence-corrected chi connectivity index (χ1v) is 6.00. The van der Waals surface area contributed by atoms with Gasteiger partial charge in [-0.2, -0.15) is 0 Å². The van der Waals surface area contributed by atoms with Crippen molar-refractivity contribution in [3.63, 3.8) is 0 Å². The third kappa shape index (κ3) is 2.41. The molecule has 1 aliphatic carbocycles. The van der Waals surface area contributed by atoms with Crippen LogP contribution in [0.4, 0.5) is 0 Å². The van der Waals surface area contributed by atoms with Crippen LogP contribution in [0.25, 0.3) is 0 Å². The molecule has 82 valence electrons. The molecule has 14 heavy (non-hydrogen) atoms. The van der Waals surface area contributed by atoms with E-state index in [9.17, 15) is 4.79 Å². The number of alkyl halides is 1. The van der Waals surface area contributed by atoms with Gasteiger partial charge in [0, 0.05) is 11.8 Å². The summed E-state index contributed by atoms with van der Waals surface area (Å²) in [6, 6.07) is 0. The van der Waals surface area contributed by atoms with Crippen LogP contribution in [-0.4, -0.2) is 17.3 Å². The van der Waals surface area contributed by atoms with Gasteiger partial charge in [-0.1, -0.05) is 20.8 Å². The van der Waals surface area contributed by atoms with Crippen LogP contribution in [0.5, 0.6) is 0 Å². The monoisotopic (exact) mass is 217 g/mol. The smallest absolute Gasteiger partial charge is 0.223 e. The van der Waals surface area contributed by atoms with Gasteiger partial charge in [0.15, 0.2) is 0 Å². The number of nitrogens with one attached hydrogen (secondary N) is 1. The molecule has 2 atom stereocenters. The van der Waals surface area contributed by atoms with Crippen LogP contribution in [-0.2, 0) is 4.79 Å². The minimum absolute atomic E-state index is 0.180. The van der Waals surface area contributed by atoms with Crippen LogP contribution >= 0.6 is 11.6 Å². The molecule has 0 bridgehead atoms. The Hall–Kier alpha value is -0.240. The second-order valence-electron chi connectivity index (χ2n) is 4.43. The van der Waals surface area contributed by atoms with E-state index in [2.05, 4.69) is 26.1 Å². The lowest BCUT2D eigenvalue weighted by atomic mass is 9.95. The molecule has 1 aliphatic rings. The van der Waals surface area contributed by atoms with Crippen molar-refractivity contribution in [1.29, 1.82) is 0 Å². The van der Waals surface area contributed by atoms with Crippen LogP contribution in [0.3, 0.4) is 0 Å². The largest absolute Gasteiger partial charge is 0.349 e. The number of carbonyl (C=O) groups excluding carboxylic acids is 1. The molecule has 1 N–H and O–H groups in total. The average Bonchev–Trinajstić information content (AvgIpc) is 2.92. The highest BCUT2D eigenvalue weighted by atomic mass is 35.5. The summed E-state index contributed by atoms with van der Waals surface area (Å²) >= 11 is 5.92. The summed E-state index contributed by atoms with van der Waals surface area (Å²) in [4.78, 5) is 11.7. The van der Waals surface area contributed by atoms with Crippen LogP contribution in [0.1, 0.15) is 40.0 Å². The van der Waals surface area contributed by atoms with Crippen molar-refractivity contribution in [3.8, 4) is 0 Å². The molecule has 1 rings (SSSR count). The van der Waals surface area contributed by atoms with E-state index in [4.69, 9.17) is 11.6 Å². The van der Waals surface area contributed by atoms with Crippen molar-refractivity contribution in [1.82, 2.24) is 5.32 Å². The first kappa shape index (κ1) is 11.8. The van der Waals surface area contributed by atoms with Crippen molar-refractivity contribution in [2.75, 3.05) is 5.88 Å². The highest BCUT2D eigenvalue weighted by Crippen LogP contribution is 2.38. The van der Waals surface area contributed by atoms with E-state index in [1.165, 1.54) is 0 Å². The molecule has 0 aromatic heterocycles. The van der Waals surface area contributed by atoms with Gasteiger partial charge in [0.05, 0.1) is 5.54 Å². The first-order valence-electron chi connectivity index (χ1n) is 5.46. The maximum atomic E-state index is 11.7. The standard InChI is InChI=1S/C11H20ClNO/c1-4-11(5-2,7-12)13-10(14)9-6-8(9)3/h8-9H,4-7H2,1-3H3,(H,13,14). The van der Waals surface area contributed by atoms with E-state index in [1.807, 2.05) is 0 Å². The zero-order valence-electron chi connectivity index (χ0n) is 9.27. The minimum Gasteiger partial charge on any atom is -0.349 e. The second kappa shape index (κ2) is 4.52.